The number of sulfonamides is 1. The molecule has 1 fully saturated rings. The molecule has 1 heterocycles. The normalized spacial score (nSPS) is 21.5. The Labute approximate surface area is 101 Å². The second-order valence-corrected chi connectivity index (χ2v) is 8.38. The molecule has 1 aliphatic rings. The summed E-state index contributed by atoms with van der Waals surface area (Å²) < 4.78 is 43.3. The van der Waals surface area contributed by atoms with Gasteiger partial charge in [0, 0.05) is 24.6 Å². The smallest absolute Gasteiger partial charge is 0.325 e. The molecule has 1 aliphatic heterocycles. The summed E-state index contributed by atoms with van der Waals surface area (Å²) in [6, 6.07) is 0. The van der Waals surface area contributed by atoms with Crippen LogP contribution in [0.15, 0.2) is 3.77 Å². The molecule has 0 aliphatic carbocycles. The zero-order valence-electron chi connectivity index (χ0n) is 9.71. The van der Waals surface area contributed by atoms with E-state index in [0.29, 0.717) is 13.1 Å². The van der Waals surface area contributed by atoms with Gasteiger partial charge >= 0.3 is 5.97 Å². The summed E-state index contributed by atoms with van der Waals surface area (Å²) in [6.45, 7) is 2.10. The molecule has 100 valence electrons. The van der Waals surface area contributed by atoms with Gasteiger partial charge in [-0.3, -0.25) is 4.79 Å². The molecule has 0 aromatic heterocycles. The lowest BCUT2D eigenvalue weighted by Crippen LogP contribution is -2.37. The van der Waals surface area contributed by atoms with Gasteiger partial charge < -0.3 is 10.1 Å². The standard InChI is InChI=1S/C8H16N2O5S2/c1-7(8(11)15-2)17(13,14)10-16(12)5-3-9-4-6-16/h7,9H,3-6H2,1-2H3. The third kappa shape index (κ3) is 3.65. The summed E-state index contributed by atoms with van der Waals surface area (Å²) in [4.78, 5) is 11.1. The van der Waals surface area contributed by atoms with Gasteiger partial charge in [-0.2, -0.15) is 0 Å². The molecule has 0 aromatic rings. The van der Waals surface area contributed by atoms with Gasteiger partial charge in [0.15, 0.2) is 5.25 Å². The molecule has 1 rings (SSSR count). The maximum absolute atomic E-state index is 12.1. The molecule has 1 unspecified atom stereocenters. The van der Waals surface area contributed by atoms with Crippen molar-refractivity contribution in [2.45, 2.75) is 12.2 Å². The predicted molar refractivity (Wildman–Crippen MR) is 63.6 cm³/mol. The van der Waals surface area contributed by atoms with Crippen LogP contribution in [0, 0.1) is 0 Å². The first kappa shape index (κ1) is 14.4. The molecule has 9 heteroatoms. The van der Waals surface area contributed by atoms with Crippen LogP contribution in [0.1, 0.15) is 6.92 Å². The highest BCUT2D eigenvalue weighted by Crippen LogP contribution is 2.11. The maximum atomic E-state index is 12.1. The second kappa shape index (κ2) is 5.32. The largest absolute Gasteiger partial charge is 0.468 e. The van der Waals surface area contributed by atoms with Gasteiger partial charge in [0.2, 0.25) is 0 Å². The SMILES string of the molecule is COC(=O)C(C)S(=O)(=O)N=S1(=O)CCNCC1. The minimum atomic E-state index is -4.08. The molecular formula is C8H16N2O5S2. The number of hydrogen-bond donors (Lipinski definition) is 1. The third-order valence-electron chi connectivity index (χ3n) is 2.42. The van der Waals surface area contributed by atoms with Crippen molar-refractivity contribution in [3.05, 3.63) is 0 Å². The highest BCUT2D eigenvalue weighted by Gasteiger charge is 2.31. The van der Waals surface area contributed by atoms with Crippen molar-refractivity contribution < 1.29 is 22.2 Å². The van der Waals surface area contributed by atoms with Gasteiger partial charge in [-0.05, 0) is 6.92 Å². The third-order valence-corrected chi connectivity index (χ3v) is 7.10. The number of ether oxygens (including phenoxy) is 1. The average Bonchev–Trinajstić information content (AvgIpc) is 2.26. The van der Waals surface area contributed by atoms with E-state index in [1.54, 1.807) is 0 Å². The van der Waals surface area contributed by atoms with Crippen LogP contribution >= 0.6 is 0 Å². The van der Waals surface area contributed by atoms with E-state index in [1.807, 2.05) is 0 Å². The minimum Gasteiger partial charge on any atom is -0.468 e. The molecule has 1 atom stereocenters. The van der Waals surface area contributed by atoms with Crippen LogP contribution in [-0.4, -0.2) is 55.6 Å². The van der Waals surface area contributed by atoms with Gasteiger partial charge in [-0.1, -0.05) is 0 Å². The van der Waals surface area contributed by atoms with Crippen LogP contribution in [-0.2, 0) is 29.3 Å². The maximum Gasteiger partial charge on any atom is 0.325 e. The van der Waals surface area contributed by atoms with Crippen molar-refractivity contribution in [2.24, 2.45) is 3.77 Å². The van der Waals surface area contributed by atoms with E-state index in [-0.39, 0.29) is 11.5 Å². The van der Waals surface area contributed by atoms with Gasteiger partial charge in [0.1, 0.15) is 0 Å². The van der Waals surface area contributed by atoms with Crippen LogP contribution in [0.25, 0.3) is 0 Å². The number of methoxy groups -OCH3 is 1. The lowest BCUT2D eigenvalue weighted by molar-refractivity contribution is -0.139. The molecule has 1 N–H and O–H groups in total. The molecule has 0 radical (unpaired) electrons. The fourth-order valence-corrected chi connectivity index (χ4v) is 5.40. The zero-order chi connectivity index (χ0) is 13.1. The van der Waals surface area contributed by atoms with Crippen molar-refractivity contribution in [3.63, 3.8) is 0 Å². The number of hydrogen-bond acceptors (Lipinski definition) is 6. The number of esters is 1. The molecule has 0 amide bonds. The number of nitrogens with one attached hydrogen (secondary N) is 1. The lowest BCUT2D eigenvalue weighted by atomic mass is 10.5. The Morgan fingerprint density at radius 1 is 1.41 bits per heavy atom. The van der Waals surface area contributed by atoms with Crippen LogP contribution in [0.5, 0.6) is 0 Å². The fourth-order valence-electron chi connectivity index (χ4n) is 1.31. The first-order chi connectivity index (χ1) is 7.81. The molecule has 1 saturated heterocycles. The summed E-state index contributed by atoms with van der Waals surface area (Å²) in [5.41, 5.74) is 0. The molecule has 17 heavy (non-hydrogen) atoms. The van der Waals surface area contributed by atoms with Crippen molar-refractivity contribution in [2.75, 3.05) is 31.7 Å². The monoisotopic (exact) mass is 284 g/mol. The van der Waals surface area contributed by atoms with Crippen LogP contribution in [0.2, 0.25) is 0 Å². The van der Waals surface area contributed by atoms with Gasteiger partial charge in [-0.15, -0.1) is 3.77 Å². The summed E-state index contributed by atoms with van der Waals surface area (Å²) in [5.74, 6) is -0.536. The highest BCUT2D eigenvalue weighted by atomic mass is 32.3. The van der Waals surface area contributed by atoms with Crippen molar-refractivity contribution in [3.8, 4) is 0 Å². The van der Waals surface area contributed by atoms with E-state index in [1.165, 1.54) is 6.92 Å². The van der Waals surface area contributed by atoms with E-state index >= 15 is 0 Å². The van der Waals surface area contributed by atoms with E-state index in [4.69, 9.17) is 0 Å². The molecule has 0 bridgehead atoms. The summed E-state index contributed by atoms with van der Waals surface area (Å²) in [7, 11) is -5.75. The van der Waals surface area contributed by atoms with E-state index < -0.39 is 31.0 Å². The van der Waals surface area contributed by atoms with Crippen LogP contribution in [0.3, 0.4) is 0 Å². The Bertz CT molecular complexity index is 492. The first-order valence-electron chi connectivity index (χ1n) is 5.07. The fraction of sp³-hybridized carbons (Fsp3) is 0.875. The van der Waals surface area contributed by atoms with E-state index in [0.717, 1.165) is 7.11 Å². The van der Waals surface area contributed by atoms with E-state index in [2.05, 4.69) is 13.8 Å². The number of rotatable bonds is 3. The Morgan fingerprint density at radius 3 is 2.41 bits per heavy atom. The molecule has 0 saturated carbocycles. The average molecular weight is 284 g/mol. The highest BCUT2D eigenvalue weighted by molar-refractivity contribution is 8.03. The van der Waals surface area contributed by atoms with Crippen molar-refractivity contribution in [1.29, 1.82) is 0 Å². The second-order valence-electron chi connectivity index (χ2n) is 3.69. The van der Waals surface area contributed by atoms with Crippen molar-refractivity contribution in [1.82, 2.24) is 5.32 Å². The first-order valence-corrected chi connectivity index (χ1v) is 8.42. The predicted octanol–water partition coefficient (Wildman–Crippen LogP) is -1.05. The molecule has 0 spiro atoms. The van der Waals surface area contributed by atoms with E-state index in [9.17, 15) is 17.4 Å². The topological polar surface area (TPSA) is 102 Å². The lowest BCUT2D eigenvalue weighted by Gasteiger charge is -2.17. The Kier molecular flexibility index (Phi) is 4.50. The van der Waals surface area contributed by atoms with Crippen molar-refractivity contribution >= 4 is 25.7 Å². The summed E-state index contributed by atoms with van der Waals surface area (Å²) in [6.07, 6.45) is 0. The van der Waals surface area contributed by atoms with Gasteiger partial charge in [-0.25, -0.2) is 12.6 Å². The minimum absolute atomic E-state index is 0.181. The zero-order valence-corrected chi connectivity index (χ0v) is 11.3. The van der Waals surface area contributed by atoms with Crippen LogP contribution < -0.4 is 5.32 Å². The Hall–Kier alpha value is -0.670. The van der Waals surface area contributed by atoms with Gasteiger partial charge in [0.25, 0.3) is 10.0 Å². The molecular weight excluding hydrogens is 268 g/mol. The summed E-state index contributed by atoms with van der Waals surface area (Å²) in [5, 5.41) is 1.55. The summed E-state index contributed by atoms with van der Waals surface area (Å²) >= 11 is 0. The molecule has 0 aromatic carbocycles. The van der Waals surface area contributed by atoms with Crippen LogP contribution in [0.4, 0.5) is 0 Å². The number of carbonyl (C=O) groups excluding carboxylic acids is 1. The number of nitrogens with zero attached hydrogens (tertiary/aromatic N) is 1. The Balaban J connectivity index is 3.03. The Morgan fingerprint density at radius 2 is 1.94 bits per heavy atom. The number of carbonyl (C=O) groups is 1. The van der Waals surface area contributed by atoms with Gasteiger partial charge in [0.05, 0.1) is 16.8 Å². The molecule has 7 nitrogen and oxygen atoms in total. The quantitative estimate of drug-likeness (QED) is 0.663.